The molecule has 0 saturated carbocycles. The molecule has 0 amide bonds. The summed E-state index contributed by atoms with van der Waals surface area (Å²) in [5, 5.41) is 8.91. The lowest BCUT2D eigenvalue weighted by Gasteiger charge is -2.02. The molecule has 0 aromatic heterocycles. The third-order valence-electron chi connectivity index (χ3n) is 1.12. The molecule has 0 fully saturated rings. The molecule has 0 aliphatic carbocycles. The number of aliphatic hydroxyl groups excluding tert-OH is 1. The molecule has 0 aliphatic rings. The molecule has 0 aromatic rings. The summed E-state index contributed by atoms with van der Waals surface area (Å²) in [6, 6.07) is 0. The van der Waals surface area contributed by atoms with Gasteiger partial charge in [-0.3, -0.25) is 0 Å². The molecule has 54 valence electrons. The average Bonchev–Trinajstić information content (AvgIpc) is 1.89. The Morgan fingerprint density at radius 1 is 1.78 bits per heavy atom. The maximum atomic E-state index is 8.91. The van der Waals surface area contributed by atoms with Crippen LogP contribution in [0.25, 0.3) is 0 Å². The number of hydrogen-bond acceptors (Lipinski definition) is 2. The predicted octanol–water partition coefficient (Wildman–Crippen LogP) is 0.960. The van der Waals surface area contributed by atoms with E-state index in [4.69, 9.17) is 9.84 Å². The van der Waals surface area contributed by atoms with Crippen molar-refractivity contribution in [1.29, 1.82) is 0 Å². The van der Waals surface area contributed by atoms with Gasteiger partial charge < -0.3 is 9.84 Å². The highest BCUT2D eigenvalue weighted by atomic mass is 16.5. The first-order chi connectivity index (χ1) is 4.31. The Morgan fingerprint density at radius 2 is 2.44 bits per heavy atom. The van der Waals surface area contributed by atoms with E-state index in [1.54, 1.807) is 7.11 Å². The fourth-order valence-electron chi connectivity index (χ4n) is 0.555. The Hall–Kier alpha value is -0.340. The molecule has 9 heavy (non-hydrogen) atoms. The van der Waals surface area contributed by atoms with Gasteiger partial charge in [-0.25, -0.2) is 0 Å². The molecule has 0 heterocycles. The third-order valence-corrected chi connectivity index (χ3v) is 1.12. The monoisotopic (exact) mass is 130 g/mol. The van der Waals surface area contributed by atoms with Gasteiger partial charge in [0.2, 0.25) is 0 Å². The number of ether oxygens (including phenoxy) is 1. The van der Waals surface area contributed by atoms with Crippen molar-refractivity contribution in [3.8, 4) is 0 Å². The van der Waals surface area contributed by atoms with Crippen LogP contribution in [-0.4, -0.2) is 24.9 Å². The first-order valence-corrected chi connectivity index (χ1v) is 3.10. The number of rotatable bonds is 5. The van der Waals surface area contributed by atoms with E-state index < -0.39 is 0 Å². The third kappa shape index (κ3) is 5.53. The van der Waals surface area contributed by atoms with Crippen molar-refractivity contribution in [1.82, 2.24) is 0 Å². The van der Waals surface area contributed by atoms with Gasteiger partial charge >= 0.3 is 0 Å². The molecule has 1 atom stereocenters. The van der Waals surface area contributed by atoms with E-state index in [1.165, 1.54) is 6.08 Å². The van der Waals surface area contributed by atoms with Crippen LogP contribution >= 0.6 is 0 Å². The van der Waals surface area contributed by atoms with Crippen molar-refractivity contribution >= 4 is 0 Å². The van der Waals surface area contributed by atoms with Crippen molar-refractivity contribution in [2.24, 2.45) is 0 Å². The summed E-state index contributed by atoms with van der Waals surface area (Å²) in [6.07, 6.45) is 2.82. The molecule has 0 radical (unpaired) electrons. The van der Waals surface area contributed by atoms with Crippen LogP contribution in [0.1, 0.15) is 12.8 Å². The molecule has 1 unspecified atom stereocenters. The second kappa shape index (κ2) is 5.79. The van der Waals surface area contributed by atoms with E-state index in [1.807, 2.05) is 0 Å². The molecule has 0 aliphatic heterocycles. The molecule has 2 nitrogen and oxygen atoms in total. The van der Waals surface area contributed by atoms with Gasteiger partial charge in [0, 0.05) is 13.7 Å². The zero-order valence-electron chi connectivity index (χ0n) is 5.84. The van der Waals surface area contributed by atoms with Gasteiger partial charge in [-0.2, -0.15) is 0 Å². The van der Waals surface area contributed by atoms with Crippen LogP contribution in [0.2, 0.25) is 0 Å². The second-order valence-corrected chi connectivity index (χ2v) is 1.94. The number of methoxy groups -OCH3 is 1. The van der Waals surface area contributed by atoms with Gasteiger partial charge in [0.05, 0.1) is 6.10 Å². The largest absolute Gasteiger partial charge is 0.389 e. The number of aliphatic hydroxyl groups is 1. The Kier molecular flexibility index (Phi) is 5.57. The minimum atomic E-state index is -0.361. The van der Waals surface area contributed by atoms with E-state index >= 15 is 0 Å². The summed E-state index contributed by atoms with van der Waals surface area (Å²) in [5.41, 5.74) is 0. The normalized spacial score (nSPS) is 13.1. The summed E-state index contributed by atoms with van der Waals surface area (Å²) < 4.78 is 4.79. The maximum Gasteiger partial charge on any atom is 0.0719 e. The Balaban J connectivity index is 2.96. The van der Waals surface area contributed by atoms with Crippen LogP contribution < -0.4 is 0 Å². The van der Waals surface area contributed by atoms with Gasteiger partial charge in [-0.05, 0) is 12.8 Å². The average molecular weight is 130 g/mol. The number of hydrogen-bond donors (Lipinski definition) is 1. The van der Waals surface area contributed by atoms with Crippen molar-refractivity contribution < 1.29 is 9.84 Å². The van der Waals surface area contributed by atoms with Crippen molar-refractivity contribution in [3.05, 3.63) is 12.7 Å². The van der Waals surface area contributed by atoms with Gasteiger partial charge in [-0.1, -0.05) is 6.08 Å². The molecule has 0 aromatic carbocycles. The molecule has 0 rings (SSSR count). The van der Waals surface area contributed by atoms with Crippen LogP contribution in [0.15, 0.2) is 12.7 Å². The van der Waals surface area contributed by atoms with Gasteiger partial charge in [-0.15, -0.1) is 6.58 Å². The first-order valence-electron chi connectivity index (χ1n) is 3.10. The highest BCUT2D eigenvalue weighted by molar-refractivity contribution is 4.77. The van der Waals surface area contributed by atoms with Crippen molar-refractivity contribution in [3.63, 3.8) is 0 Å². The molecule has 1 N–H and O–H groups in total. The highest BCUT2D eigenvalue weighted by Crippen LogP contribution is 1.96. The zero-order valence-corrected chi connectivity index (χ0v) is 5.84. The van der Waals surface area contributed by atoms with Crippen molar-refractivity contribution in [2.75, 3.05) is 13.7 Å². The minimum absolute atomic E-state index is 0.361. The van der Waals surface area contributed by atoms with Gasteiger partial charge in [0.25, 0.3) is 0 Å². The SMILES string of the molecule is C=CC(O)CCCOC. The second-order valence-electron chi connectivity index (χ2n) is 1.94. The summed E-state index contributed by atoms with van der Waals surface area (Å²) in [5.74, 6) is 0. The van der Waals surface area contributed by atoms with Gasteiger partial charge in [0.15, 0.2) is 0 Å². The lowest BCUT2D eigenvalue weighted by molar-refractivity contribution is 0.161. The highest BCUT2D eigenvalue weighted by Gasteiger charge is 1.95. The minimum Gasteiger partial charge on any atom is -0.389 e. The van der Waals surface area contributed by atoms with Gasteiger partial charge in [0.1, 0.15) is 0 Å². The summed E-state index contributed by atoms with van der Waals surface area (Å²) in [4.78, 5) is 0. The van der Waals surface area contributed by atoms with E-state index in [0.29, 0.717) is 6.61 Å². The fourth-order valence-corrected chi connectivity index (χ4v) is 0.555. The molecule has 0 saturated heterocycles. The van der Waals surface area contributed by atoms with E-state index in [2.05, 4.69) is 6.58 Å². The molecule has 0 bridgehead atoms. The summed E-state index contributed by atoms with van der Waals surface area (Å²) >= 11 is 0. The Bertz CT molecular complexity index is 71.3. The van der Waals surface area contributed by atoms with Crippen LogP contribution in [0.5, 0.6) is 0 Å². The summed E-state index contributed by atoms with van der Waals surface area (Å²) in [7, 11) is 1.65. The first kappa shape index (κ1) is 8.66. The lowest BCUT2D eigenvalue weighted by Crippen LogP contribution is -2.02. The van der Waals surface area contributed by atoms with Crippen LogP contribution in [0.3, 0.4) is 0 Å². The fraction of sp³-hybridized carbons (Fsp3) is 0.714. The topological polar surface area (TPSA) is 29.5 Å². The Labute approximate surface area is 56.1 Å². The lowest BCUT2D eigenvalue weighted by atomic mass is 10.2. The van der Waals surface area contributed by atoms with E-state index in [9.17, 15) is 0 Å². The van der Waals surface area contributed by atoms with Crippen LogP contribution in [-0.2, 0) is 4.74 Å². The zero-order chi connectivity index (χ0) is 7.11. The molecular formula is C7H14O2. The van der Waals surface area contributed by atoms with E-state index in [-0.39, 0.29) is 6.10 Å². The standard InChI is InChI=1S/C7H14O2/c1-3-7(8)5-4-6-9-2/h3,7-8H,1,4-6H2,2H3. The van der Waals surface area contributed by atoms with E-state index in [0.717, 1.165) is 12.8 Å². The Morgan fingerprint density at radius 3 is 2.89 bits per heavy atom. The molecule has 0 spiro atoms. The smallest absolute Gasteiger partial charge is 0.0719 e. The van der Waals surface area contributed by atoms with Crippen LogP contribution in [0.4, 0.5) is 0 Å². The van der Waals surface area contributed by atoms with Crippen molar-refractivity contribution in [2.45, 2.75) is 18.9 Å². The quantitative estimate of drug-likeness (QED) is 0.443. The van der Waals surface area contributed by atoms with Crippen LogP contribution in [0, 0.1) is 0 Å². The molecular weight excluding hydrogens is 116 g/mol. The predicted molar refractivity (Wildman–Crippen MR) is 37.3 cm³/mol. The summed E-state index contributed by atoms with van der Waals surface area (Å²) in [6.45, 7) is 4.16. The molecule has 2 heteroatoms. The maximum absolute atomic E-state index is 8.91.